The summed E-state index contributed by atoms with van der Waals surface area (Å²) in [6.45, 7) is 3.06. The molecule has 0 fully saturated rings. The minimum Gasteiger partial charge on any atom is -0.207 e. The second kappa shape index (κ2) is 3.17. The predicted octanol–water partition coefficient (Wildman–Crippen LogP) is 3.07. The standard InChI is InChI=1S/C9H8F3/c1-5(2)8-6(10)3-4-7(11)9(8)12/h3-4H,1-2H3. The van der Waals surface area contributed by atoms with Gasteiger partial charge in [-0.05, 0) is 12.1 Å². The molecule has 0 aliphatic carbocycles. The Morgan fingerprint density at radius 1 is 1.00 bits per heavy atom. The van der Waals surface area contributed by atoms with Gasteiger partial charge in [-0.3, -0.25) is 0 Å². The largest absolute Gasteiger partial charge is 0.207 e. The van der Waals surface area contributed by atoms with Crippen LogP contribution in [0.4, 0.5) is 13.2 Å². The summed E-state index contributed by atoms with van der Waals surface area (Å²) in [4.78, 5) is 0. The lowest BCUT2D eigenvalue weighted by Gasteiger charge is -2.07. The van der Waals surface area contributed by atoms with Crippen molar-refractivity contribution in [3.63, 3.8) is 0 Å². The molecule has 0 saturated carbocycles. The van der Waals surface area contributed by atoms with E-state index in [1.165, 1.54) is 13.8 Å². The van der Waals surface area contributed by atoms with Crippen molar-refractivity contribution in [2.24, 2.45) is 0 Å². The number of benzene rings is 1. The Hall–Kier alpha value is -0.990. The molecule has 0 bridgehead atoms. The van der Waals surface area contributed by atoms with Gasteiger partial charge in [0.15, 0.2) is 11.6 Å². The van der Waals surface area contributed by atoms with Crippen molar-refractivity contribution in [1.29, 1.82) is 0 Å². The molecule has 3 heteroatoms. The van der Waals surface area contributed by atoms with Crippen LogP contribution in [0.1, 0.15) is 19.4 Å². The quantitative estimate of drug-likeness (QED) is 0.572. The topological polar surface area (TPSA) is 0 Å². The van der Waals surface area contributed by atoms with Gasteiger partial charge in [-0.1, -0.05) is 13.8 Å². The minimum atomic E-state index is -1.12. The number of hydrogen-bond acceptors (Lipinski definition) is 0. The van der Waals surface area contributed by atoms with Crippen molar-refractivity contribution < 1.29 is 13.2 Å². The van der Waals surface area contributed by atoms with Gasteiger partial charge in [0.2, 0.25) is 0 Å². The molecule has 0 aliphatic heterocycles. The molecule has 0 aromatic heterocycles. The molecule has 0 spiro atoms. The number of halogens is 3. The third-order valence-corrected chi connectivity index (χ3v) is 1.54. The van der Waals surface area contributed by atoms with Crippen molar-refractivity contribution in [2.45, 2.75) is 13.8 Å². The molecular formula is C9H8F3. The Balaban J connectivity index is 3.33. The molecule has 1 aromatic carbocycles. The fourth-order valence-electron chi connectivity index (χ4n) is 0.985. The van der Waals surface area contributed by atoms with Gasteiger partial charge in [-0.25, -0.2) is 13.2 Å². The highest BCUT2D eigenvalue weighted by atomic mass is 19.2. The summed E-state index contributed by atoms with van der Waals surface area (Å²) in [6, 6.07) is 1.69. The first-order valence-corrected chi connectivity index (χ1v) is 3.48. The molecule has 0 N–H and O–H groups in total. The third-order valence-electron chi connectivity index (χ3n) is 1.54. The van der Waals surface area contributed by atoms with Crippen LogP contribution in [0.3, 0.4) is 0 Å². The van der Waals surface area contributed by atoms with Gasteiger partial charge in [0.25, 0.3) is 0 Å². The lowest BCUT2D eigenvalue weighted by atomic mass is 10.0. The second-order valence-corrected chi connectivity index (χ2v) is 2.72. The molecule has 1 rings (SSSR count). The molecule has 0 amide bonds. The van der Waals surface area contributed by atoms with E-state index in [2.05, 4.69) is 0 Å². The van der Waals surface area contributed by atoms with E-state index in [4.69, 9.17) is 0 Å². The summed E-state index contributed by atoms with van der Waals surface area (Å²) in [6.07, 6.45) is 0. The van der Waals surface area contributed by atoms with Crippen LogP contribution in [0.15, 0.2) is 12.1 Å². The van der Waals surface area contributed by atoms with E-state index in [0.717, 1.165) is 12.1 Å². The normalized spacial score (nSPS) is 10.8. The first-order chi connectivity index (χ1) is 5.54. The monoisotopic (exact) mass is 173 g/mol. The van der Waals surface area contributed by atoms with Crippen LogP contribution in [0.25, 0.3) is 0 Å². The zero-order valence-electron chi connectivity index (χ0n) is 6.79. The highest BCUT2D eigenvalue weighted by Gasteiger charge is 2.16. The van der Waals surface area contributed by atoms with Gasteiger partial charge in [0.05, 0.1) is 0 Å². The Bertz CT molecular complexity index is 292. The molecule has 0 unspecified atom stereocenters. The van der Waals surface area contributed by atoms with Crippen LogP contribution in [0, 0.1) is 23.4 Å². The smallest absolute Gasteiger partial charge is 0.165 e. The molecule has 0 atom stereocenters. The maximum Gasteiger partial charge on any atom is 0.165 e. The molecule has 12 heavy (non-hydrogen) atoms. The first kappa shape index (κ1) is 9.10. The molecule has 0 nitrogen and oxygen atoms in total. The van der Waals surface area contributed by atoms with Gasteiger partial charge in [-0.2, -0.15) is 0 Å². The summed E-state index contributed by atoms with van der Waals surface area (Å²) in [5.74, 6) is -2.44. The average Bonchev–Trinajstić information content (AvgIpc) is 1.97. The maximum absolute atomic E-state index is 12.9. The molecule has 1 aromatic rings. The van der Waals surface area contributed by atoms with Crippen LogP contribution in [-0.4, -0.2) is 0 Å². The fraction of sp³-hybridized carbons (Fsp3) is 0.222. The molecule has 0 heterocycles. The van der Waals surface area contributed by atoms with Crippen LogP contribution < -0.4 is 0 Å². The predicted molar refractivity (Wildman–Crippen MR) is 40.0 cm³/mol. The Labute approximate surface area is 69.0 Å². The minimum absolute atomic E-state index is 0.269. The summed E-state index contributed by atoms with van der Waals surface area (Å²) in [7, 11) is 0. The third kappa shape index (κ3) is 1.44. The van der Waals surface area contributed by atoms with Crippen LogP contribution in [0.5, 0.6) is 0 Å². The molecular weight excluding hydrogens is 165 g/mol. The Morgan fingerprint density at radius 2 is 1.50 bits per heavy atom. The van der Waals surface area contributed by atoms with Crippen molar-refractivity contribution in [2.75, 3.05) is 0 Å². The Morgan fingerprint density at radius 3 is 1.92 bits per heavy atom. The number of rotatable bonds is 1. The zero-order chi connectivity index (χ0) is 9.30. The van der Waals surface area contributed by atoms with E-state index in [9.17, 15) is 13.2 Å². The van der Waals surface area contributed by atoms with E-state index in [-0.39, 0.29) is 5.56 Å². The van der Waals surface area contributed by atoms with E-state index in [1.54, 1.807) is 0 Å². The molecule has 65 valence electrons. The van der Waals surface area contributed by atoms with E-state index < -0.39 is 17.5 Å². The summed E-state index contributed by atoms with van der Waals surface area (Å²) in [5, 5.41) is 0. The van der Waals surface area contributed by atoms with Gasteiger partial charge in [0.1, 0.15) is 5.82 Å². The van der Waals surface area contributed by atoms with Crippen molar-refractivity contribution in [3.05, 3.63) is 41.1 Å². The average molecular weight is 173 g/mol. The number of hydrogen-bond donors (Lipinski definition) is 0. The molecule has 0 saturated heterocycles. The summed E-state index contributed by atoms with van der Waals surface area (Å²) >= 11 is 0. The lowest BCUT2D eigenvalue weighted by molar-refractivity contribution is 0.484. The summed E-state index contributed by atoms with van der Waals surface area (Å²) < 4.78 is 38.3. The molecule has 1 radical (unpaired) electrons. The van der Waals surface area contributed by atoms with Gasteiger partial charge >= 0.3 is 0 Å². The SMILES string of the molecule is C[C](C)c1c(F)ccc(F)c1F. The Kier molecular flexibility index (Phi) is 2.40. The highest BCUT2D eigenvalue weighted by Crippen LogP contribution is 2.22. The van der Waals surface area contributed by atoms with E-state index in [0.29, 0.717) is 5.92 Å². The van der Waals surface area contributed by atoms with Crippen LogP contribution >= 0.6 is 0 Å². The van der Waals surface area contributed by atoms with Gasteiger partial charge in [0, 0.05) is 11.5 Å². The zero-order valence-corrected chi connectivity index (χ0v) is 6.79. The highest BCUT2D eigenvalue weighted by molar-refractivity contribution is 5.31. The molecule has 0 aliphatic rings. The fourth-order valence-corrected chi connectivity index (χ4v) is 0.985. The van der Waals surface area contributed by atoms with Gasteiger partial charge < -0.3 is 0 Å². The van der Waals surface area contributed by atoms with Crippen LogP contribution in [-0.2, 0) is 0 Å². The van der Waals surface area contributed by atoms with Crippen molar-refractivity contribution in [1.82, 2.24) is 0 Å². The van der Waals surface area contributed by atoms with E-state index >= 15 is 0 Å². The van der Waals surface area contributed by atoms with E-state index in [1.807, 2.05) is 0 Å². The maximum atomic E-state index is 12.9. The van der Waals surface area contributed by atoms with Crippen molar-refractivity contribution >= 4 is 0 Å². The lowest BCUT2D eigenvalue weighted by Crippen LogP contribution is -2.01. The van der Waals surface area contributed by atoms with Crippen LogP contribution in [0.2, 0.25) is 0 Å². The van der Waals surface area contributed by atoms with Crippen molar-refractivity contribution in [3.8, 4) is 0 Å². The first-order valence-electron chi connectivity index (χ1n) is 3.48. The second-order valence-electron chi connectivity index (χ2n) is 2.72. The summed E-state index contributed by atoms with van der Waals surface area (Å²) in [5.41, 5.74) is -0.269. The van der Waals surface area contributed by atoms with Gasteiger partial charge in [-0.15, -0.1) is 0 Å².